The van der Waals surface area contributed by atoms with E-state index in [0.29, 0.717) is 0 Å². The third kappa shape index (κ3) is 1.99. The van der Waals surface area contributed by atoms with Crippen molar-refractivity contribution in [2.24, 2.45) is 0 Å². The second-order valence-corrected chi connectivity index (χ2v) is 4.91. The van der Waals surface area contributed by atoms with Gasteiger partial charge in [0.1, 0.15) is 0 Å². The largest absolute Gasteiger partial charge is 0.377 e. The van der Waals surface area contributed by atoms with Crippen molar-refractivity contribution in [2.45, 2.75) is 25.7 Å². The van der Waals surface area contributed by atoms with Gasteiger partial charge in [0.25, 0.3) is 0 Å². The lowest BCUT2D eigenvalue weighted by Crippen LogP contribution is -2.25. The Balaban J connectivity index is 1.83. The van der Waals surface area contributed by atoms with Gasteiger partial charge in [0.15, 0.2) is 5.78 Å². The highest BCUT2D eigenvalue weighted by Crippen LogP contribution is 2.26. The summed E-state index contributed by atoms with van der Waals surface area (Å²) in [4.78, 5) is 14.5. The molecule has 3 rings (SSSR count). The predicted molar refractivity (Wildman–Crippen MR) is 68.0 cm³/mol. The Bertz CT molecular complexity index is 470. The SMILES string of the molecule is O=C1/C(=C/N2CCCCC2)Cc2ccccc21. The van der Waals surface area contributed by atoms with Crippen LogP contribution in [0.2, 0.25) is 0 Å². The number of fused-ring (bicyclic) bond motifs is 1. The fraction of sp³-hybridized carbons (Fsp3) is 0.400. The van der Waals surface area contributed by atoms with Crippen molar-refractivity contribution in [3.8, 4) is 0 Å². The molecule has 0 atom stereocenters. The molecule has 2 aliphatic rings. The van der Waals surface area contributed by atoms with Gasteiger partial charge in [-0.25, -0.2) is 0 Å². The number of carbonyl (C=O) groups excluding carboxylic acids is 1. The molecule has 0 amide bonds. The van der Waals surface area contributed by atoms with E-state index in [1.54, 1.807) is 0 Å². The van der Waals surface area contributed by atoms with Gasteiger partial charge in [-0.2, -0.15) is 0 Å². The van der Waals surface area contributed by atoms with E-state index in [2.05, 4.69) is 17.2 Å². The number of carbonyl (C=O) groups is 1. The van der Waals surface area contributed by atoms with Crippen LogP contribution in [0.1, 0.15) is 35.2 Å². The summed E-state index contributed by atoms with van der Waals surface area (Å²) in [6, 6.07) is 7.95. The number of nitrogens with zero attached hydrogens (tertiary/aromatic N) is 1. The Morgan fingerprint density at radius 2 is 1.82 bits per heavy atom. The van der Waals surface area contributed by atoms with E-state index in [-0.39, 0.29) is 5.78 Å². The lowest BCUT2D eigenvalue weighted by molar-refractivity contribution is 0.103. The first-order chi connectivity index (χ1) is 8.34. The molecule has 0 saturated carbocycles. The first-order valence-corrected chi connectivity index (χ1v) is 6.42. The van der Waals surface area contributed by atoms with E-state index in [1.165, 1.54) is 24.8 Å². The Labute approximate surface area is 102 Å². The van der Waals surface area contributed by atoms with Crippen molar-refractivity contribution >= 4 is 5.78 Å². The molecule has 0 unspecified atom stereocenters. The van der Waals surface area contributed by atoms with Crippen molar-refractivity contribution in [3.05, 3.63) is 47.2 Å². The number of hydrogen-bond acceptors (Lipinski definition) is 2. The zero-order valence-corrected chi connectivity index (χ0v) is 9.98. The molecule has 1 aliphatic heterocycles. The fourth-order valence-corrected chi connectivity index (χ4v) is 2.73. The number of benzene rings is 1. The van der Waals surface area contributed by atoms with Crippen LogP contribution in [0.15, 0.2) is 36.0 Å². The van der Waals surface area contributed by atoms with Crippen LogP contribution in [0.5, 0.6) is 0 Å². The normalized spacial score (nSPS) is 22.0. The van der Waals surface area contributed by atoms with E-state index in [4.69, 9.17) is 0 Å². The molecule has 1 fully saturated rings. The number of allylic oxidation sites excluding steroid dienone is 1. The summed E-state index contributed by atoms with van der Waals surface area (Å²) in [5.41, 5.74) is 3.05. The van der Waals surface area contributed by atoms with E-state index >= 15 is 0 Å². The molecule has 88 valence electrons. The van der Waals surface area contributed by atoms with Gasteiger partial charge in [-0.15, -0.1) is 0 Å². The summed E-state index contributed by atoms with van der Waals surface area (Å²) in [5, 5.41) is 0. The Morgan fingerprint density at radius 3 is 2.59 bits per heavy atom. The van der Waals surface area contributed by atoms with Crippen LogP contribution < -0.4 is 0 Å². The minimum Gasteiger partial charge on any atom is -0.377 e. The van der Waals surface area contributed by atoms with Crippen LogP contribution in [0, 0.1) is 0 Å². The van der Waals surface area contributed by atoms with Gasteiger partial charge < -0.3 is 4.90 Å². The fourth-order valence-electron chi connectivity index (χ4n) is 2.73. The molecule has 1 aromatic carbocycles. The second kappa shape index (κ2) is 4.36. The van der Waals surface area contributed by atoms with Gasteiger partial charge >= 0.3 is 0 Å². The van der Waals surface area contributed by atoms with Crippen molar-refractivity contribution in [3.63, 3.8) is 0 Å². The van der Waals surface area contributed by atoms with Gasteiger partial charge in [0.2, 0.25) is 0 Å². The molecular weight excluding hydrogens is 210 g/mol. The van der Waals surface area contributed by atoms with Gasteiger partial charge in [-0.05, 0) is 24.8 Å². The van der Waals surface area contributed by atoms with Crippen LogP contribution in [0.4, 0.5) is 0 Å². The lowest BCUT2D eigenvalue weighted by atomic mass is 10.1. The van der Waals surface area contributed by atoms with Gasteiger partial charge in [0.05, 0.1) is 0 Å². The number of likely N-dealkylation sites (tertiary alicyclic amines) is 1. The number of Topliss-reactive ketones (excluding diaryl/α,β-unsaturated/α-hetero) is 1. The topological polar surface area (TPSA) is 20.3 Å². The molecule has 1 aromatic rings. The molecule has 0 radical (unpaired) electrons. The molecule has 17 heavy (non-hydrogen) atoms. The molecule has 1 saturated heterocycles. The van der Waals surface area contributed by atoms with Gasteiger partial charge in [0, 0.05) is 36.8 Å². The van der Waals surface area contributed by atoms with Crippen LogP contribution in [0.3, 0.4) is 0 Å². The molecule has 2 heteroatoms. The second-order valence-electron chi connectivity index (χ2n) is 4.91. The average molecular weight is 227 g/mol. The molecule has 0 bridgehead atoms. The summed E-state index contributed by atoms with van der Waals surface area (Å²) in [7, 11) is 0. The minimum absolute atomic E-state index is 0.228. The number of hydrogen-bond donors (Lipinski definition) is 0. The van der Waals surface area contributed by atoms with Crippen LogP contribution in [-0.4, -0.2) is 23.8 Å². The smallest absolute Gasteiger partial charge is 0.191 e. The zero-order chi connectivity index (χ0) is 11.7. The number of rotatable bonds is 1. The van der Waals surface area contributed by atoms with Crippen molar-refractivity contribution in [1.82, 2.24) is 4.90 Å². The molecule has 0 spiro atoms. The summed E-state index contributed by atoms with van der Waals surface area (Å²) in [5.74, 6) is 0.228. The first kappa shape index (κ1) is 10.6. The average Bonchev–Trinajstić information content (AvgIpc) is 2.68. The maximum absolute atomic E-state index is 12.2. The van der Waals surface area contributed by atoms with E-state index < -0.39 is 0 Å². The standard InChI is InChI=1S/C15H17NO/c17-15-13(11-16-8-4-1-5-9-16)10-12-6-2-3-7-14(12)15/h2-3,6-7,11H,1,4-5,8-10H2/b13-11+. The summed E-state index contributed by atoms with van der Waals surface area (Å²) in [6.45, 7) is 2.21. The maximum Gasteiger partial charge on any atom is 0.191 e. The van der Waals surface area contributed by atoms with Crippen molar-refractivity contribution in [2.75, 3.05) is 13.1 Å². The lowest BCUT2D eigenvalue weighted by Gasteiger charge is -2.25. The van der Waals surface area contributed by atoms with E-state index in [9.17, 15) is 4.79 Å². The summed E-state index contributed by atoms with van der Waals surface area (Å²) in [6.07, 6.45) is 6.75. The number of ketones is 1. The van der Waals surface area contributed by atoms with Crippen molar-refractivity contribution in [1.29, 1.82) is 0 Å². The van der Waals surface area contributed by atoms with Gasteiger partial charge in [-0.1, -0.05) is 24.3 Å². The van der Waals surface area contributed by atoms with Crippen molar-refractivity contribution < 1.29 is 4.79 Å². The van der Waals surface area contributed by atoms with Gasteiger partial charge in [-0.3, -0.25) is 4.79 Å². The zero-order valence-electron chi connectivity index (χ0n) is 9.98. The highest BCUT2D eigenvalue weighted by atomic mass is 16.1. The predicted octanol–water partition coefficient (Wildman–Crippen LogP) is 2.80. The molecule has 1 aliphatic carbocycles. The Kier molecular flexibility index (Phi) is 2.71. The third-order valence-electron chi connectivity index (χ3n) is 3.66. The van der Waals surface area contributed by atoms with E-state index in [1.807, 2.05) is 18.2 Å². The molecule has 0 N–H and O–H groups in total. The van der Waals surface area contributed by atoms with Crippen LogP contribution in [0.25, 0.3) is 0 Å². The summed E-state index contributed by atoms with van der Waals surface area (Å²) < 4.78 is 0. The quantitative estimate of drug-likeness (QED) is 0.688. The Hall–Kier alpha value is -1.57. The molecule has 1 heterocycles. The van der Waals surface area contributed by atoms with Crippen LogP contribution >= 0.6 is 0 Å². The molecular formula is C15H17NO. The molecule has 2 nitrogen and oxygen atoms in total. The maximum atomic E-state index is 12.2. The monoisotopic (exact) mass is 227 g/mol. The Morgan fingerprint density at radius 1 is 1.06 bits per heavy atom. The highest BCUT2D eigenvalue weighted by Gasteiger charge is 2.24. The minimum atomic E-state index is 0.228. The van der Waals surface area contributed by atoms with E-state index in [0.717, 1.165) is 30.6 Å². The number of piperidine rings is 1. The molecule has 0 aromatic heterocycles. The summed E-state index contributed by atoms with van der Waals surface area (Å²) >= 11 is 0. The first-order valence-electron chi connectivity index (χ1n) is 6.42. The van der Waals surface area contributed by atoms with Crippen LogP contribution in [-0.2, 0) is 6.42 Å². The highest BCUT2D eigenvalue weighted by molar-refractivity contribution is 6.13. The third-order valence-corrected chi connectivity index (χ3v) is 3.66.